The van der Waals surface area contributed by atoms with E-state index in [-0.39, 0.29) is 12.1 Å². The van der Waals surface area contributed by atoms with Crippen molar-refractivity contribution in [1.29, 1.82) is 0 Å². The number of hydrogen-bond acceptors (Lipinski definition) is 4. The van der Waals surface area contributed by atoms with Crippen LogP contribution in [0.4, 0.5) is 9.93 Å². The third kappa shape index (κ3) is 4.59. The van der Waals surface area contributed by atoms with Gasteiger partial charge in [0.1, 0.15) is 0 Å². The minimum absolute atomic E-state index is 0.0845. The molecule has 21 heavy (non-hydrogen) atoms. The topological polar surface area (TPSA) is 48.5 Å². The summed E-state index contributed by atoms with van der Waals surface area (Å²) in [6, 6.07) is 0.371. The van der Waals surface area contributed by atoms with Gasteiger partial charge in [-0.15, -0.1) is 11.3 Å². The molecule has 118 valence electrons. The number of nitrogens with one attached hydrogen (secondary N) is 1. The molecule has 0 bridgehead atoms. The summed E-state index contributed by atoms with van der Waals surface area (Å²) in [5.74, 6) is 0.608. The van der Waals surface area contributed by atoms with Crippen LogP contribution in [-0.2, 0) is 0 Å². The second kappa shape index (κ2) is 7.64. The summed E-state index contributed by atoms with van der Waals surface area (Å²) in [6.45, 7) is 9.79. The van der Waals surface area contributed by atoms with Crippen LogP contribution in [0.25, 0.3) is 0 Å². The van der Waals surface area contributed by atoms with E-state index in [2.05, 4.69) is 36.0 Å². The molecule has 1 aliphatic heterocycles. The Morgan fingerprint density at radius 3 is 2.62 bits per heavy atom. The maximum absolute atomic E-state index is 12.3. The summed E-state index contributed by atoms with van der Waals surface area (Å²) < 4.78 is 0. The van der Waals surface area contributed by atoms with Gasteiger partial charge in [0, 0.05) is 43.8 Å². The van der Waals surface area contributed by atoms with E-state index in [9.17, 15) is 4.79 Å². The standard InChI is InChI=1S/C15H26N4OS/c1-4-13(11-12(2)3)17-14(20)18-6-8-19(9-7-18)15-16-5-10-21-15/h5,10,12-13H,4,6-9,11H2,1-3H3,(H,17,20). The van der Waals surface area contributed by atoms with Crippen LogP contribution >= 0.6 is 11.3 Å². The second-order valence-electron chi connectivity index (χ2n) is 5.97. The number of amides is 2. The summed E-state index contributed by atoms with van der Waals surface area (Å²) in [4.78, 5) is 20.8. The average Bonchev–Trinajstić information content (AvgIpc) is 3.00. The molecular formula is C15H26N4OS. The third-order valence-corrected chi connectivity index (χ3v) is 4.67. The van der Waals surface area contributed by atoms with Gasteiger partial charge in [-0.2, -0.15) is 0 Å². The Morgan fingerprint density at radius 2 is 2.10 bits per heavy atom. The van der Waals surface area contributed by atoms with E-state index in [4.69, 9.17) is 0 Å². The first-order valence-electron chi connectivity index (χ1n) is 7.80. The molecule has 2 heterocycles. The molecule has 1 aromatic rings. The molecule has 1 aliphatic rings. The zero-order valence-corrected chi connectivity index (χ0v) is 14.0. The Morgan fingerprint density at radius 1 is 1.38 bits per heavy atom. The van der Waals surface area contributed by atoms with Crippen molar-refractivity contribution in [2.24, 2.45) is 5.92 Å². The van der Waals surface area contributed by atoms with Crippen LogP contribution in [0.5, 0.6) is 0 Å². The highest BCUT2D eigenvalue weighted by atomic mass is 32.1. The minimum Gasteiger partial charge on any atom is -0.345 e. The van der Waals surface area contributed by atoms with Crippen LogP contribution < -0.4 is 10.2 Å². The van der Waals surface area contributed by atoms with E-state index in [0.29, 0.717) is 5.92 Å². The van der Waals surface area contributed by atoms with Crippen molar-refractivity contribution in [3.8, 4) is 0 Å². The fourth-order valence-electron chi connectivity index (χ4n) is 2.64. The molecule has 1 fully saturated rings. The number of rotatable bonds is 5. The van der Waals surface area contributed by atoms with E-state index >= 15 is 0 Å². The predicted molar refractivity (Wildman–Crippen MR) is 88.0 cm³/mol. The first-order valence-corrected chi connectivity index (χ1v) is 8.68. The predicted octanol–water partition coefficient (Wildman–Crippen LogP) is 2.80. The second-order valence-corrected chi connectivity index (χ2v) is 6.85. The first kappa shape index (κ1) is 16.1. The van der Waals surface area contributed by atoms with Gasteiger partial charge in [0.15, 0.2) is 5.13 Å². The minimum atomic E-state index is 0.0845. The number of aromatic nitrogens is 1. The third-order valence-electron chi connectivity index (χ3n) is 3.83. The first-order chi connectivity index (χ1) is 10.1. The van der Waals surface area contributed by atoms with Crippen molar-refractivity contribution in [3.63, 3.8) is 0 Å². The Bertz CT molecular complexity index is 427. The normalized spacial score (nSPS) is 17.1. The van der Waals surface area contributed by atoms with E-state index in [0.717, 1.165) is 44.2 Å². The number of piperazine rings is 1. The van der Waals surface area contributed by atoms with Gasteiger partial charge in [0.05, 0.1) is 0 Å². The van der Waals surface area contributed by atoms with Gasteiger partial charge in [0.25, 0.3) is 0 Å². The van der Waals surface area contributed by atoms with Crippen molar-refractivity contribution < 1.29 is 4.79 Å². The molecule has 0 saturated carbocycles. The molecule has 1 saturated heterocycles. The molecule has 1 aromatic heterocycles. The summed E-state index contributed by atoms with van der Waals surface area (Å²) in [5.41, 5.74) is 0. The number of carbonyl (C=O) groups excluding carboxylic acids is 1. The lowest BCUT2D eigenvalue weighted by atomic mass is 10.0. The molecule has 0 aliphatic carbocycles. The molecular weight excluding hydrogens is 284 g/mol. The van der Waals surface area contributed by atoms with Gasteiger partial charge >= 0.3 is 6.03 Å². The molecule has 0 aromatic carbocycles. The maximum atomic E-state index is 12.3. The zero-order chi connectivity index (χ0) is 15.2. The highest BCUT2D eigenvalue weighted by Crippen LogP contribution is 2.19. The molecule has 1 atom stereocenters. The van der Waals surface area contributed by atoms with E-state index in [1.54, 1.807) is 11.3 Å². The van der Waals surface area contributed by atoms with E-state index in [1.807, 2.05) is 16.5 Å². The summed E-state index contributed by atoms with van der Waals surface area (Å²) in [7, 11) is 0. The van der Waals surface area contributed by atoms with Crippen LogP contribution in [0.2, 0.25) is 0 Å². The van der Waals surface area contributed by atoms with Crippen molar-refractivity contribution in [2.45, 2.75) is 39.7 Å². The molecule has 1 unspecified atom stereocenters. The molecule has 6 heteroatoms. The van der Waals surface area contributed by atoms with Gasteiger partial charge < -0.3 is 15.1 Å². The van der Waals surface area contributed by atoms with Crippen molar-refractivity contribution >= 4 is 22.5 Å². The highest BCUT2D eigenvalue weighted by molar-refractivity contribution is 7.13. The highest BCUT2D eigenvalue weighted by Gasteiger charge is 2.23. The number of thiazole rings is 1. The molecule has 0 radical (unpaired) electrons. The monoisotopic (exact) mass is 310 g/mol. The van der Waals surface area contributed by atoms with Gasteiger partial charge in [0.2, 0.25) is 0 Å². The quantitative estimate of drug-likeness (QED) is 0.910. The van der Waals surface area contributed by atoms with Gasteiger partial charge in [-0.1, -0.05) is 20.8 Å². The van der Waals surface area contributed by atoms with Crippen LogP contribution in [0.3, 0.4) is 0 Å². The van der Waals surface area contributed by atoms with Gasteiger partial charge in [-0.05, 0) is 18.8 Å². The van der Waals surface area contributed by atoms with Crippen LogP contribution in [-0.4, -0.2) is 48.1 Å². The smallest absolute Gasteiger partial charge is 0.317 e. The Labute approximate surface area is 131 Å². The van der Waals surface area contributed by atoms with Crippen molar-refractivity contribution in [1.82, 2.24) is 15.2 Å². The lowest BCUT2D eigenvalue weighted by Crippen LogP contribution is -2.53. The molecule has 0 spiro atoms. The summed E-state index contributed by atoms with van der Waals surface area (Å²) >= 11 is 1.66. The summed E-state index contributed by atoms with van der Waals surface area (Å²) in [6.07, 6.45) is 3.86. The lowest BCUT2D eigenvalue weighted by molar-refractivity contribution is 0.188. The molecule has 2 amide bonds. The van der Waals surface area contributed by atoms with Crippen LogP contribution in [0.1, 0.15) is 33.6 Å². The molecule has 1 N–H and O–H groups in total. The number of carbonyl (C=O) groups is 1. The van der Waals surface area contributed by atoms with Crippen LogP contribution in [0.15, 0.2) is 11.6 Å². The van der Waals surface area contributed by atoms with Crippen molar-refractivity contribution in [3.05, 3.63) is 11.6 Å². The molecule has 2 rings (SSSR count). The lowest BCUT2D eigenvalue weighted by Gasteiger charge is -2.35. The van der Waals surface area contributed by atoms with E-state index < -0.39 is 0 Å². The SMILES string of the molecule is CCC(CC(C)C)NC(=O)N1CCN(c2nccs2)CC1. The van der Waals surface area contributed by atoms with Gasteiger partial charge in [-0.25, -0.2) is 9.78 Å². The maximum Gasteiger partial charge on any atom is 0.317 e. The number of nitrogens with zero attached hydrogens (tertiary/aromatic N) is 3. The van der Waals surface area contributed by atoms with Gasteiger partial charge in [-0.3, -0.25) is 0 Å². The molecule has 5 nitrogen and oxygen atoms in total. The van der Waals surface area contributed by atoms with E-state index in [1.165, 1.54) is 0 Å². The fourth-order valence-corrected chi connectivity index (χ4v) is 3.33. The summed E-state index contributed by atoms with van der Waals surface area (Å²) in [5, 5.41) is 6.22. The Balaban J connectivity index is 1.80. The Hall–Kier alpha value is -1.30. The average molecular weight is 310 g/mol. The number of urea groups is 1. The van der Waals surface area contributed by atoms with Crippen molar-refractivity contribution in [2.75, 3.05) is 31.1 Å². The Kier molecular flexibility index (Phi) is 5.85. The number of hydrogen-bond donors (Lipinski definition) is 1. The largest absolute Gasteiger partial charge is 0.345 e. The fraction of sp³-hybridized carbons (Fsp3) is 0.733. The van der Waals surface area contributed by atoms with Crippen LogP contribution in [0, 0.1) is 5.92 Å². The zero-order valence-electron chi connectivity index (χ0n) is 13.2. The number of anilines is 1.